The van der Waals surface area contributed by atoms with Gasteiger partial charge in [-0.25, -0.2) is 4.98 Å². The molecule has 1 aliphatic carbocycles. The zero-order chi connectivity index (χ0) is 25.4. The molecule has 1 aliphatic heterocycles. The van der Waals surface area contributed by atoms with Gasteiger partial charge >= 0.3 is 5.97 Å². The number of para-hydroxylation sites is 3. The van der Waals surface area contributed by atoms with Crippen LogP contribution in [0.5, 0.6) is 0 Å². The van der Waals surface area contributed by atoms with Gasteiger partial charge in [-0.2, -0.15) is 5.26 Å². The number of nitriles is 1. The van der Waals surface area contributed by atoms with Crippen molar-refractivity contribution in [3.63, 3.8) is 0 Å². The van der Waals surface area contributed by atoms with E-state index in [1.807, 2.05) is 36.4 Å². The lowest BCUT2D eigenvalue weighted by molar-refractivity contribution is -0.147. The van der Waals surface area contributed by atoms with Crippen LogP contribution in [-0.2, 0) is 20.7 Å². The average molecular weight is 484 g/mol. The standard InChI is InChI=1S/C27H25N5O4/c1-30-21-9-5-6-10-22(21)31(2)26(30)19(15-28)23(33)16-36-25(34)14-13-24-29-20-8-4-3-7-18(20)27(35)32(24)17-11-12-17/h3-10,17H,11-14,16H2,1-2H3. The number of carbonyl (C=O) groups excluding carboxylic acids is 2. The van der Waals surface area contributed by atoms with Gasteiger partial charge in [-0.3, -0.25) is 19.0 Å². The van der Waals surface area contributed by atoms with Gasteiger partial charge in [-0.15, -0.1) is 0 Å². The Labute approximate surface area is 207 Å². The van der Waals surface area contributed by atoms with Crippen LogP contribution in [0.2, 0.25) is 0 Å². The first kappa shape index (κ1) is 23.3. The average Bonchev–Trinajstić information content (AvgIpc) is 3.70. The van der Waals surface area contributed by atoms with E-state index in [1.165, 1.54) is 0 Å². The zero-order valence-electron chi connectivity index (χ0n) is 20.1. The Hall–Kier alpha value is -4.45. The molecule has 1 saturated carbocycles. The minimum atomic E-state index is -0.591. The minimum Gasteiger partial charge on any atom is -0.457 e. The van der Waals surface area contributed by atoms with Crippen molar-refractivity contribution in [1.82, 2.24) is 9.55 Å². The van der Waals surface area contributed by atoms with Crippen LogP contribution < -0.4 is 15.4 Å². The molecule has 9 nitrogen and oxygen atoms in total. The number of benzene rings is 2. The SMILES string of the molecule is CN1C(=C(C#N)C(=O)COC(=O)CCc2nc3ccccc3c(=O)n2C2CC2)N(C)c2ccccc21. The normalized spacial score (nSPS) is 14.5. The van der Waals surface area contributed by atoms with Crippen molar-refractivity contribution < 1.29 is 14.3 Å². The van der Waals surface area contributed by atoms with Crippen LogP contribution in [0.4, 0.5) is 11.4 Å². The number of fused-ring (bicyclic) bond motifs is 2. The Morgan fingerprint density at radius 1 is 1.06 bits per heavy atom. The molecule has 1 fully saturated rings. The predicted octanol–water partition coefficient (Wildman–Crippen LogP) is 3.10. The first-order chi connectivity index (χ1) is 17.4. The highest BCUT2D eigenvalue weighted by atomic mass is 16.5. The van der Waals surface area contributed by atoms with Crippen molar-refractivity contribution >= 4 is 34.0 Å². The molecule has 0 N–H and O–H groups in total. The molecule has 9 heteroatoms. The van der Waals surface area contributed by atoms with Gasteiger partial charge in [0, 0.05) is 26.6 Å². The Morgan fingerprint density at radius 2 is 1.69 bits per heavy atom. The number of anilines is 2. The minimum absolute atomic E-state index is 0.0332. The molecule has 0 radical (unpaired) electrons. The molecular weight excluding hydrogens is 458 g/mol. The second-order valence-corrected chi connectivity index (χ2v) is 8.95. The molecule has 1 aromatic heterocycles. The summed E-state index contributed by atoms with van der Waals surface area (Å²) in [4.78, 5) is 46.5. The number of ketones is 1. The van der Waals surface area contributed by atoms with Gasteiger partial charge in [0.1, 0.15) is 23.3 Å². The molecule has 0 saturated heterocycles. The summed E-state index contributed by atoms with van der Waals surface area (Å²) in [5.74, 6) is -0.192. The molecule has 182 valence electrons. The van der Waals surface area contributed by atoms with Crippen molar-refractivity contribution in [1.29, 1.82) is 5.26 Å². The van der Waals surface area contributed by atoms with Crippen molar-refractivity contribution in [2.24, 2.45) is 0 Å². The Balaban J connectivity index is 1.27. The number of nitrogens with zero attached hydrogens (tertiary/aromatic N) is 5. The highest BCUT2D eigenvalue weighted by Crippen LogP contribution is 2.40. The summed E-state index contributed by atoms with van der Waals surface area (Å²) in [6, 6.07) is 16.8. The van der Waals surface area contributed by atoms with E-state index in [0.29, 0.717) is 22.5 Å². The van der Waals surface area contributed by atoms with Crippen LogP contribution in [0, 0.1) is 11.3 Å². The van der Waals surface area contributed by atoms with Crippen LogP contribution in [0.3, 0.4) is 0 Å². The Morgan fingerprint density at radius 3 is 2.33 bits per heavy atom. The Bertz CT molecular complexity index is 1480. The summed E-state index contributed by atoms with van der Waals surface area (Å²) in [5.41, 5.74) is 2.16. The maximum absolute atomic E-state index is 13.0. The monoisotopic (exact) mass is 483 g/mol. The highest BCUT2D eigenvalue weighted by Gasteiger charge is 2.32. The van der Waals surface area contributed by atoms with E-state index in [2.05, 4.69) is 4.98 Å². The third-order valence-electron chi connectivity index (χ3n) is 6.56. The zero-order valence-corrected chi connectivity index (χ0v) is 20.1. The maximum atomic E-state index is 13.0. The van der Waals surface area contributed by atoms with Crippen molar-refractivity contribution in [2.45, 2.75) is 31.7 Å². The molecule has 0 spiro atoms. The summed E-state index contributed by atoms with van der Waals surface area (Å²) < 4.78 is 6.91. The number of rotatable bonds is 7. The number of Topliss-reactive ketones (excluding diaryl/α,β-unsaturated/α-hetero) is 1. The summed E-state index contributed by atoms with van der Waals surface area (Å²) in [6.07, 6.45) is 2.00. The van der Waals surface area contributed by atoms with Gasteiger partial charge in [0.25, 0.3) is 5.56 Å². The quantitative estimate of drug-likeness (QED) is 0.287. The molecule has 5 rings (SSSR count). The van der Waals surface area contributed by atoms with Gasteiger partial charge < -0.3 is 14.5 Å². The number of hydrogen-bond donors (Lipinski definition) is 0. The van der Waals surface area contributed by atoms with Crippen LogP contribution in [-0.4, -0.2) is 42.0 Å². The van der Waals surface area contributed by atoms with Crippen LogP contribution in [0.25, 0.3) is 10.9 Å². The second kappa shape index (κ2) is 9.30. The summed E-state index contributed by atoms with van der Waals surface area (Å²) in [5, 5.41) is 10.3. The molecule has 36 heavy (non-hydrogen) atoms. The van der Waals surface area contributed by atoms with Crippen LogP contribution >= 0.6 is 0 Å². The lowest BCUT2D eigenvalue weighted by Gasteiger charge is -2.19. The fourth-order valence-corrected chi connectivity index (χ4v) is 4.64. The first-order valence-electron chi connectivity index (χ1n) is 11.8. The molecule has 3 aromatic rings. The van der Waals surface area contributed by atoms with Gasteiger partial charge in [-0.05, 0) is 37.1 Å². The number of aryl methyl sites for hydroxylation is 1. The van der Waals surface area contributed by atoms with E-state index in [1.54, 1.807) is 46.7 Å². The number of esters is 1. The summed E-state index contributed by atoms with van der Waals surface area (Å²) >= 11 is 0. The van der Waals surface area contributed by atoms with Gasteiger partial charge in [-0.1, -0.05) is 24.3 Å². The van der Waals surface area contributed by atoms with E-state index in [0.717, 1.165) is 24.2 Å². The number of hydrogen-bond acceptors (Lipinski definition) is 8. The highest BCUT2D eigenvalue weighted by molar-refractivity contribution is 6.03. The number of carbonyl (C=O) groups is 2. The van der Waals surface area contributed by atoms with Crippen LogP contribution in [0.1, 0.15) is 31.1 Å². The third kappa shape index (κ3) is 4.11. The van der Waals surface area contributed by atoms with Gasteiger partial charge in [0.2, 0.25) is 5.78 Å². The van der Waals surface area contributed by atoms with E-state index >= 15 is 0 Å². The second-order valence-electron chi connectivity index (χ2n) is 8.95. The molecule has 2 heterocycles. The molecule has 0 atom stereocenters. The number of aromatic nitrogens is 2. The van der Waals surface area contributed by atoms with Crippen LogP contribution in [0.15, 0.2) is 64.7 Å². The van der Waals surface area contributed by atoms with Crippen molar-refractivity contribution in [2.75, 3.05) is 30.5 Å². The van der Waals surface area contributed by atoms with Crippen molar-refractivity contribution in [3.05, 3.63) is 76.1 Å². The summed E-state index contributed by atoms with van der Waals surface area (Å²) in [6.45, 7) is -0.538. The smallest absolute Gasteiger partial charge is 0.306 e. The van der Waals surface area contributed by atoms with Gasteiger partial charge in [0.05, 0.1) is 28.7 Å². The van der Waals surface area contributed by atoms with E-state index in [-0.39, 0.29) is 30.0 Å². The molecule has 0 unspecified atom stereocenters. The lowest BCUT2D eigenvalue weighted by atomic mass is 10.2. The van der Waals surface area contributed by atoms with Crippen molar-refractivity contribution in [3.8, 4) is 6.07 Å². The van der Waals surface area contributed by atoms with E-state index in [9.17, 15) is 19.6 Å². The predicted molar refractivity (Wildman–Crippen MR) is 134 cm³/mol. The first-order valence-corrected chi connectivity index (χ1v) is 11.8. The molecule has 0 amide bonds. The molecule has 2 aliphatic rings. The lowest BCUT2D eigenvalue weighted by Crippen LogP contribution is -2.28. The van der Waals surface area contributed by atoms with E-state index in [4.69, 9.17) is 4.74 Å². The summed E-state index contributed by atoms with van der Waals surface area (Å²) in [7, 11) is 3.56. The topological polar surface area (TPSA) is 109 Å². The number of ether oxygens (including phenoxy) is 1. The maximum Gasteiger partial charge on any atom is 0.306 e. The molecule has 2 aromatic carbocycles. The Kier molecular flexibility index (Phi) is 6.02. The fraction of sp³-hybridized carbons (Fsp3) is 0.296. The van der Waals surface area contributed by atoms with Gasteiger partial charge in [0.15, 0.2) is 6.61 Å². The third-order valence-corrected chi connectivity index (χ3v) is 6.56. The fourth-order valence-electron chi connectivity index (χ4n) is 4.64. The molecular formula is C27H25N5O4. The largest absolute Gasteiger partial charge is 0.457 e. The van der Waals surface area contributed by atoms with E-state index < -0.39 is 18.4 Å². The molecule has 0 bridgehead atoms.